The van der Waals surface area contributed by atoms with Crippen molar-refractivity contribution in [3.63, 3.8) is 0 Å². The van der Waals surface area contributed by atoms with Crippen molar-refractivity contribution in [1.82, 2.24) is 10.2 Å². The van der Waals surface area contributed by atoms with E-state index in [2.05, 4.69) is 5.32 Å². The van der Waals surface area contributed by atoms with Gasteiger partial charge in [-0.15, -0.1) is 0 Å². The molecule has 0 saturated heterocycles. The summed E-state index contributed by atoms with van der Waals surface area (Å²) < 4.78 is 39.9. The summed E-state index contributed by atoms with van der Waals surface area (Å²) in [5.74, 6) is -1.55. The van der Waals surface area contributed by atoms with Crippen LogP contribution >= 0.6 is 23.2 Å². The number of benzene rings is 3. The Kier molecular flexibility index (Phi) is 11.4. The lowest BCUT2D eigenvalue weighted by molar-refractivity contribution is -0.140. The van der Waals surface area contributed by atoms with E-state index in [1.165, 1.54) is 23.1 Å². The predicted octanol–water partition coefficient (Wildman–Crippen LogP) is 5.45. The van der Waals surface area contributed by atoms with Crippen LogP contribution in [0.2, 0.25) is 10.0 Å². The van der Waals surface area contributed by atoms with Gasteiger partial charge in [0, 0.05) is 29.6 Å². The van der Waals surface area contributed by atoms with Crippen molar-refractivity contribution in [2.45, 2.75) is 38.8 Å². The number of hydrogen-bond donors (Lipinski definition) is 1. The van der Waals surface area contributed by atoms with Crippen LogP contribution in [0.25, 0.3) is 0 Å². The van der Waals surface area contributed by atoms with Gasteiger partial charge in [-0.3, -0.25) is 13.9 Å². The van der Waals surface area contributed by atoms with Crippen molar-refractivity contribution < 1.29 is 22.4 Å². The molecule has 0 saturated carbocycles. The van der Waals surface area contributed by atoms with E-state index < -0.39 is 34.3 Å². The monoisotopic (exact) mass is 607 g/mol. The van der Waals surface area contributed by atoms with Gasteiger partial charge in [0.25, 0.3) is 0 Å². The summed E-state index contributed by atoms with van der Waals surface area (Å²) in [4.78, 5) is 28.9. The molecule has 0 unspecified atom stereocenters. The summed E-state index contributed by atoms with van der Waals surface area (Å²) in [5, 5.41) is 3.62. The van der Waals surface area contributed by atoms with Gasteiger partial charge in [0.15, 0.2) is 0 Å². The molecule has 40 heavy (non-hydrogen) atoms. The second-order valence-electron chi connectivity index (χ2n) is 9.35. The van der Waals surface area contributed by atoms with Crippen molar-refractivity contribution in [3.05, 3.63) is 99.8 Å². The molecule has 11 heteroatoms. The molecule has 1 atom stereocenters. The molecular formula is C29H32Cl2FN3O4S. The largest absolute Gasteiger partial charge is 0.354 e. The molecule has 0 radical (unpaired) electrons. The summed E-state index contributed by atoms with van der Waals surface area (Å²) in [6, 6.07) is 17.9. The average Bonchev–Trinajstić information content (AvgIpc) is 2.91. The molecule has 0 bridgehead atoms. The highest BCUT2D eigenvalue weighted by molar-refractivity contribution is 7.92. The number of hydrogen-bond acceptors (Lipinski definition) is 4. The Balaban J connectivity index is 2.05. The molecule has 3 aromatic carbocycles. The van der Waals surface area contributed by atoms with Crippen molar-refractivity contribution >= 4 is 50.7 Å². The minimum atomic E-state index is -3.95. The van der Waals surface area contributed by atoms with Crippen LogP contribution in [0.4, 0.5) is 10.1 Å². The molecule has 0 aliphatic heterocycles. The van der Waals surface area contributed by atoms with Gasteiger partial charge >= 0.3 is 0 Å². The van der Waals surface area contributed by atoms with Crippen LogP contribution < -0.4 is 9.62 Å². The highest BCUT2D eigenvalue weighted by Gasteiger charge is 2.33. The molecule has 0 aromatic heterocycles. The molecule has 2 amide bonds. The third kappa shape index (κ3) is 8.94. The first-order valence-electron chi connectivity index (χ1n) is 12.8. The minimum absolute atomic E-state index is 0.0748. The summed E-state index contributed by atoms with van der Waals surface area (Å²) >= 11 is 12.5. The molecule has 214 valence electrons. The second kappa shape index (κ2) is 14.5. The lowest BCUT2D eigenvalue weighted by Gasteiger charge is -2.33. The van der Waals surface area contributed by atoms with Crippen molar-refractivity contribution in [1.29, 1.82) is 0 Å². The van der Waals surface area contributed by atoms with Crippen molar-refractivity contribution in [2.75, 3.05) is 23.7 Å². The summed E-state index contributed by atoms with van der Waals surface area (Å²) in [6.07, 6.45) is 2.77. The number of carbonyl (C=O) groups excluding carboxylic acids is 2. The third-order valence-electron chi connectivity index (χ3n) is 6.25. The fourth-order valence-electron chi connectivity index (χ4n) is 4.11. The molecular weight excluding hydrogens is 576 g/mol. The van der Waals surface area contributed by atoms with Gasteiger partial charge in [0.2, 0.25) is 21.8 Å². The standard InChI is InChI=1S/C29H32Cl2FN3O4S/c1-3-4-16-33-29(37)27(17-21-8-6-5-7-9-21)34(19-22-10-11-23(30)18-26(22)31)28(36)20-35(40(2,38)39)25-14-12-24(32)13-15-25/h5-15,18,27H,3-4,16-17,19-20H2,1-2H3,(H,33,37)/t27-/m0/s1. The predicted molar refractivity (Wildman–Crippen MR) is 157 cm³/mol. The molecule has 7 nitrogen and oxygen atoms in total. The van der Waals surface area contributed by atoms with Gasteiger partial charge in [-0.25, -0.2) is 12.8 Å². The quantitative estimate of drug-likeness (QED) is 0.262. The molecule has 3 rings (SSSR count). The van der Waals surface area contributed by atoms with Crippen LogP contribution in [0.3, 0.4) is 0 Å². The van der Waals surface area contributed by atoms with Crippen LogP contribution in [0, 0.1) is 5.82 Å². The zero-order valence-electron chi connectivity index (χ0n) is 22.3. The number of halogens is 3. The Morgan fingerprint density at radius 2 is 1.68 bits per heavy atom. The number of carbonyl (C=O) groups is 2. The van der Waals surface area contributed by atoms with E-state index in [0.29, 0.717) is 22.2 Å². The van der Waals surface area contributed by atoms with Gasteiger partial charge < -0.3 is 10.2 Å². The van der Waals surface area contributed by atoms with Crippen molar-refractivity contribution in [2.24, 2.45) is 0 Å². The van der Waals surface area contributed by atoms with Gasteiger partial charge in [-0.2, -0.15) is 0 Å². The Morgan fingerprint density at radius 1 is 1.00 bits per heavy atom. The van der Waals surface area contributed by atoms with Gasteiger partial charge in [0.1, 0.15) is 18.4 Å². The molecule has 1 N–H and O–H groups in total. The average molecular weight is 609 g/mol. The molecule has 0 heterocycles. The summed E-state index contributed by atoms with van der Waals surface area (Å²) in [6.45, 7) is 1.74. The molecule has 0 aliphatic rings. The van der Waals surface area contributed by atoms with Crippen molar-refractivity contribution in [3.8, 4) is 0 Å². The third-order valence-corrected chi connectivity index (χ3v) is 7.98. The molecule has 0 spiro atoms. The first-order valence-corrected chi connectivity index (χ1v) is 15.4. The molecule has 0 fully saturated rings. The van der Waals surface area contributed by atoms with Gasteiger partial charge in [-0.05, 0) is 53.9 Å². The fraction of sp³-hybridized carbons (Fsp3) is 0.310. The van der Waals surface area contributed by atoms with Crippen LogP contribution in [-0.4, -0.2) is 50.5 Å². The van der Waals surface area contributed by atoms with Crippen LogP contribution in [0.5, 0.6) is 0 Å². The number of anilines is 1. The first-order chi connectivity index (χ1) is 19.0. The number of rotatable bonds is 13. The fourth-order valence-corrected chi connectivity index (χ4v) is 5.43. The van der Waals surface area contributed by atoms with Crippen LogP contribution in [0.15, 0.2) is 72.8 Å². The number of nitrogens with one attached hydrogen (secondary N) is 1. The normalized spacial score (nSPS) is 12.0. The second-order valence-corrected chi connectivity index (χ2v) is 12.1. The maximum atomic E-state index is 14.0. The Labute approximate surface area is 244 Å². The Morgan fingerprint density at radius 3 is 2.27 bits per heavy atom. The Hall–Kier alpha value is -3.14. The van der Waals surface area contributed by atoms with E-state index >= 15 is 0 Å². The van der Waals surface area contributed by atoms with Gasteiger partial charge in [0.05, 0.1) is 11.9 Å². The molecule has 3 aromatic rings. The smallest absolute Gasteiger partial charge is 0.244 e. The lowest BCUT2D eigenvalue weighted by atomic mass is 10.0. The number of unbranched alkanes of at least 4 members (excludes halogenated alkanes) is 1. The van der Waals surface area contributed by atoms with E-state index in [9.17, 15) is 22.4 Å². The number of amides is 2. The first kappa shape index (κ1) is 31.4. The molecule has 0 aliphatic carbocycles. The zero-order chi connectivity index (χ0) is 29.3. The highest BCUT2D eigenvalue weighted by Crippen LogP contribution is 2.25. The van der Waals surface area contributed by atoms with Crippen LogP contribution in [-0.2, 0) is 32.6 Å². The van der Waals surface area contributed by atoms with E-state index in [1.54, 1.807) is 12.1 Å². The van der Waals surface area contributed by atoms with Crippen LogP contribution in [0.1, 0.15) is 30.9 Å². The van der Waals surface area contributed by atoms with E-state index in [0.717, 1.165) is 41.1 Å². The zero-order valence-corrected chi connectivity index (χ0v) is 24.6. The maximum Gasteiger partial charge on any atom is 0.244 e. The van der Waals surface area contributed by atoms with E-state index in [-0.39, 0.29) is 24.6 Å². The SMILES string of the molecule is CCCCNC(=O)[C@H](Cc1ccccc1)N(Cc1ccc(Cl)cc1Cl)C(=O)CN(c1ccc(F)cc1)S(C)(=O)=O. The van der Waals surface area contributed by atoms with E-state index in [4.69, 9.17) is 23.2 Å². The Bertz CT molecular complexity index is 1410. The minimum Gasteiger partial charge on any atom is -0.354 e. The maximum absolute atomic E-state index is 14.0. The van der Waals surface area contributed by atoms with Gasteiger partial charge in [-0.1, -0.05) is 72.9 Å². The highest BCUT2D eigenvalue weighted by atomic mass is 35.5. The lowest BCUT2D eigenvalue weighted by Crippen LogP contribution is -2.53. The topological polar surface area (TPSA) is 86.8 Å². The van der Waals surface area contributed by atoms with E-state index in [1.807, 2.05) is 37.3 Å². The number of nitrogens with zero attached hydrogens (tertiary/aromatic N) is 2. The summed E-state index contributed by atoms with van der Waals surface area (Å²) in [7, 11) is -3.95. The number of sulfonamides is 1. The summed E-state index contributed by atoms with van der Waals surface area (Å²) in [5.41, 5.74) is 1.47.